The number of hydrogen-bond acceptors (Lipinski definition) is 3. The van der Waals surface area contributed by atoms with Gasteiger partial charge in [0.2, 0.25) is 0 Å². The second-order valence-electron chi connectivity index (χ2n) is 8.71. The van der Waals surface area contributed by atoms with Gasteiger partial charge in [-0.05, 0) is 44.5 Å². The first kappa shape index (κ1) is 20.2. The van der Waals surface area contributed by atoms with Crippen LogP contribution in [-0.4, -0.2) is 41.5 Å². The maximum Gasteiger partial charge on any atom is 0.190 e. The van der Waals surface area contributed by atoms with Crippen molar-refractivity contribution in [2.75, 3.05) is 26.2 Å². The summed E-state index contributed by atoms with van der Waals surface area (Å²) in [5.74, 6) is -0.207. The number of fused-ring (bicyclic) bond motifs is 1. The Morgan fingerprint density at radius 2 is 1.83 bits per heavy atom. The summed E-state index contributed by atoms with van der Waals surface area (Å²) in [7, 11) is 0. The Hall–Kier alpha value is -2.10. The molecular weight excluding hydrogens is 385 g/mol. The van der Waals surface area contributed by atoms with E-state index in [4.69, 9.17) is 11.6 Å². The fraction of sp³-hybridized carbons (Fsp3) is 0.375. The van der Waals surface area contributed by atoms with Crippen molar-refractivity contribution in [1.82, 2.24) is 9.80 Å². The molecule has 0 amide bonds. The lowest BCUT2D eigenvalue weighted by atomic mass is 10.0. The number of hydrogen-bond donors (Lipinski definition) is 0. The molecule has 2 aromatic rings. The van der Waals surface area contributed by atoms with Gasteiger partial charge >= 0.3 is 0 Å². The molecule has 0 aromatic heterocycles. The first-order chi connectivity index (χ1) is 13.8. The highest BCUT2D eigenvalue weighted by atomic mass is 35.5. The number of piperazine rings is 1. The van der Waals surface area contributed by atoms with E-state index in [0.29, 0.717) is 10.6 Å². The van der Waals surface area contributed by atoms with Gasteiger partial charge in [0.05, 0.1) is 0 Å². The minimum Gasteiger partial charge on any atom is -0.297 e. The highest BCUT2D eigenvalue weighted by molar-refractivity contribution is 6.47. The first-order valence-electron chi connectivity index (χ1n) is 10.0. The third-order valence-electron chi connectivity index (χ3n) is 5.70. The fourth-order valence-corrected chi connectivity index (χ4v) is 4.16. The van der Waals surface area contributed by atoms with Crippen molar-refractivity contribution in [2.24, 2.45) is 4.99 Å². The Labute approximate surface area is 176 Å². The molecule has 0 bridgehead atoms. The molecule has 2 aromatic carbocycles. The number of allylic oxidation sites excluding steroid dienone is 1. The van der Waals surface area contributed by atoms with Crippen LogP contribution in [0.4, 0.5) is 4.39 Å². The van der Waals surface area contributed by atoms with Crippen LogP contribution in [0.2, 0.25) is 0 Å². The van der Waals surface area contributed by atoms with E-state index < -0.39 is 0 Å². The molecule has 2 heterocycles. The molecule has 150 valence electrons. The molecule has 4 rings (SSSR count). The van der Waals surface area contributed by atoms with Crippen LogP contribution in [0.15, 0.2) is 47.5 Å². The predicted octanol–water partition coefficient (Wildman–Crippen LogP) is 3.71. The smallest absolute Gasteiger partial charge is 0.190 e. The van der Waals surface area contributed by atoms with Crippen molar-refractivity contribution in [3.05, 3.63) is 70.6 Å². The van der Waals surface area contributed by atoms with Gasteiger partial charge in [-0.3, -0.25) is 9.80 Å². The van der Waals surface area contributed by atoms with E-state index in [1.807, 2.05) is 30.3 Å². The minimum atomic E-state index is -0.207. The molecule has 0 radical (unpaired) electrons. The van der Waals surface area contributed by atoms with Crippen LogP contribution in [0.3, 0.4) is 0 Å². The van der Waals surface area contributed by atoms with Crippen molar-refractivity contribution in [3.63, 3.8) is 0 Å². The molecule has 0 atom stereocenters. The summed E-state index contributed by atoms with van der Waals surface area (Å²) in [6.45, 7) is 11.7. The number of nitrogens with zero attached hydrogens (tertiary/aromatic N) is 3. The molecule has 2 aliphatic heterocycles. The van der Waals surface area contributed by atoms with Gasteiger partial charge in [-0.2, -0.15) is 0 Å². The summed E-state index contributed by atoms with van der Waals surface area (Å²) in [6.07, 6.45) is 4.42. The lowest BCUT2D eigenvalue weighted by Crippen LogP contribution is -2.53. The van der Waals surface area contributed by atoms with Crippen molar-refractivity contribution in [3.8, 4) is 11.1 Å². The zero-order valence-electron chi connectivity index (χ0n) is 17.2. The van der Waals surface area contributed by atoms with Crippen LogP contribution in [0.5, 0.6) is 0 Å². The van der Waals surface area contributed by atoms with E-state index in [-0.39, 0.29) is 11.4 Å². The Balaban J connectivity index is 1.49. The molecule has 1 saturated heterocycles. The first-order valence-corrected chi connectivity index (χ1v) is 10.4. The Kier molecular flexibility index (Phi) is 5.54. The number of rotatable bonds is 3. The van der Waals surface area contributed by atoms with E-state index >= 15 is 0 Å². The molecule has 0 unspecified atom stereocenters. The molecule has 0 aliphatic carbocycles. The quantitative estimate of drug-likeness (QED) is 0.718. The van der Waals surface area contributed by atoms with Crippen LogP contribution in [0, 0.1) is 12.0 Å². The Morgan fingerprint density at radius 1 is 1.07 bits per heavy atom. The lowest BCUT2D eigenvalue weighted by Gasteiger charge is -2.42. The predicted molar refractivity (Wildman–Crippen MR) is 116 cm³/mol. The van der Waals surface area contributed by atoms with Gasteiger partial charge in [-0.15, -0.1) is 0 Å². The largest absolute Gasteiger partial charge is 0.297 e. The maximum absolute atomic E-state index is 14.9. The van der Waals surface area contributed by atoms with Gasteiger partial charge in [-0.25, -0.2) is 4.39 Å². The Morgan fingerprint density at radius 3 is 2.52 bits per heavy atom. The summed E-state index contributed by atoms with van der Waals surface area (Å²) in [5, 5.41) is 2.17. The van der Waals surface area contributed by atoms with E-state index in [9.17, 15) is 4.39 Å². The van der Waals surface area contributed by atoms with Crippen LogP contribution in [0.25, 0.3) is 16.2 Å². The second-order valence-corrected chi connectivity index (χ2v) is 9.12. The average molecular weight is 411 g/mol. The van der Waals surface area contributed by atoms with Gasteiger partial charge in [-0.1, -0.05) is 17.1 Å². The molecule has 5 heteroatoms. The van der Waals surface area contributed by atoms with Gasteiger partial charge in [0.15, 0.2) is 16.6 Å². The summed E-state index contributed by atoms with van der Waals surface area (Å²) in [6, 6.07) is 11.2. The summed E-state index contributed by atoms with van der Waals surface area (Å²) in [4.78, 5) is 9.14. The molecule has 0 N–H and O–H groups in total. The minimum absolute atomic E-state index is 0.205. The lowest BCUT2D eigenvalue weighted by molar-refractivity contribution is 0.0591. The molecule has 29 heavy (non-hydrogen) atoms. The SMILES string of the molecule is CC(C)(C)N1CCN(Cc2ccc(-c3ccc4c(c3)=N[C+]=CC=4Cl)c(F)c2)CC1. The zero-order chi connectivity index (χ0) is 20.6. The fourth-order valence-electron chi connectivity index (χ4n) is 3.96. The molecule has 2 aliphatic rings. The van der Waals surface area contributed by atoms with Crippen LogP contribution in [-0.2, 0) is 6.54 Å². The normalized spacial score (nSPS) is 17.6. The van der Waals surface area contributed by atoms with Gasteiger partial charge in [0, 0.05) is 67.1 Å². The third kappa shape index (κ3) is 4.41. The third-order valence-corrected chi connectivity index (χ3v) is 6.02. The average Bonchev–Trinajstić information content (AvgIpc) is 2.68. The van der Waals surface area contributed by atoms with E-state index in [1.165, 1.54) is 0 Å². The summed E-state index contributed by atoms with van der Waals surface area (Å²) >= 11 is 6.18. The molecule has 0 spiro atoms. The monoisotopic (exact) mass is 410 g/mol. The number of halogens is 2. The number of benzene rings is 2. The molecular formula is C24H26ClFN3+. The van der Waals surface area contributed by atoms with E-state index in [2.05, 4.69) is 41.8 Å². The van der Waals surface area contributed by atoms with Crippen molar-refractivity contribution >= 4 is 16.6 Å². The van der Waals surface area contributed by atoms with E-state index in [1.54, 1.807) is 12.1 Å². The molecule has 1 fully saturated rings. The molecule has 3 nitrogen and oxygen atoms in total. The second kappa shape index (κ2) is 7.97. The van der Waals surface area contributed by atoms with Crippen molar-refractivity contribution in [2.45, 2.75) is 32.9 Å². The van der Waals surface area contributed by atoms with E-state index in [0.717, 1.165) is 54.4 Å². The van der Waals surface area contributed by atoms with Crippen LogP contribution in [0.1, 0.15) is 26.3 Å². The highest BCUT2D eigenvalue weighted by Gasteiger charge is 2.25. The summed E-state index contributed by atoms with van der Waals surface area (Å²) in [5.41, 5.74) is 2.58. The standard InChI is InChI=1S/C24H26ClFN3/c1-24(2,3)29-12-10-28(11-13-29)16-17-4-6-19(22(26)14-17)18-5-7-20-21(25)8-9-27-23(20)15-18/h4-8,14-15H,10-13,16H2,1-3H3/q+1. The summed E-state index contributed by atoms with van der Waals surface area (Å²) < 4.78 is 14.9. The maximum atomic E-state index is 14.9. The van der Waals surface area contributed by atoms with Gasteiger partial charge in [0.25, 0.3) is 0 Å². The Bertz CT molecular complexity index is 1060. The van der Waals surface area contributed by atoms with Crippen molar-refractivity contribution in [1.29, 1.82) is 0 Å². The topological polar surface area (TPSA) is 18.8 Å². The van der Waals surface area contributed by atoms with Crippen LogP contribution >= 0.6 is 11.6 Å². The van der Waals surface area contributed by atoms with Gasteiger partial charge in [0.1, 0.15) is 17.1 Å². The highest BCUT2D eigenvalue weighted by Crippen LogP contribution is 2.24. The van der Waals surface area contributed by atoms with Gasteiger partial charge < -0.3 is 0 Å². The zero-order valence-corrected chi connectivity index (χ0v) is 17.9. The molecule has 0 saturated carbocycles. The van der Waals surface area contributed by atoms with Crippen LogP contribution < -0.4 is 10.6 Å². The van der Waals surface area contributed by atoms with Crippen molar-refractivity contribution < 1.29 is 4.39 Å².